The summed E-state index contributed by atoms with van der Waals surface area (Å²) in [4.78, 5) is 27.8. The number of esters is 2. The van der Waals surface area contributed by atoms with Crippen LogP contribution in [0.5, 0.6) is 0 Å². The van der Waals surface area contributed by atoms with E-state index < -0.39 is 18.0 Å². The van der Waals surface area contributed by atoms with E-state index in [1.807, 2.05) is 20.8 Å². The number of carbonyl (C=O) groups excluding carboxylic acids is 2. The van der Waals surface area contributed by atoms with Crippen molar-refractivity contribution in [1.82, 2.24) is 4.98 Å². The minimum atomic E-state index is -1.09. The van der Waals surface area contributed by atoms with E-state index in [0.717, 1.165) is 0 Å². The van der Waals surface area contributed by atoms with E-state index in [9.17, 15) is 9.59 Å². The summed E-state index contributed by atoms with van der Waals surface area (Å²) >= 11 is 0. The number of carbonyl (C=O) groups is 2. The summed E-state index contributed by atoms with van der Waals surface area (Å²) in [7, 11) is 0. The fourth-order valence-corrected chi connectivity index (χ4v) is 1.55. The lowest BCUT2D eigenvalue weighted by Gasteiger charge is -2.16. The largest absolute Gasteiger partial charge is 0.463 e. The van der Waals surface area contributed by atoms with E-state index in [2.05, 4.69) is 4.98 Å². The van der Waals surface area contributed by atoms with Crippen LogP contribution < -0.4 is 0 Å². The maximum Gasteiger partial charge on any atom is 0.353 e. The fourth-order valence-electron chi connectivity index (χ4n) is 1.55. The quantitative estimate of drug-likeness (QED) is 0.718. The molecule has 0 spiro atoms. The molecule has 110 valence electrons. The topological polar surface area (TPSA) is 65.5 Å². The molecule has 0 aliphatic rings. The zero-order valence-electron chi connectivity index (χ0n) is 12.2. The molecule has 1 atom stereocenters. The molecule has 0 amide bonds. The highest BCUT2D eigenvalue weighted by atomic mass is 16.6. The van der Waals surface area contributed by atoms with Gasteiger partial charge in [0.15, 0.2) is 0 Å². The van der Waals surface area contributed by atoms with Gasteiger partial charge in [-0.1, -0.05) is 26.8 Å². The molecule has 1 unspecified atom stereocenters. The molecule has 5 nitrogen and oxygen atoms in total. The van der Waals surface area contributed by atoms with Crippen LogP contribution >= 0.6 is 0 Å². The molecule has 0 saturated carbocycles. The number of pyridine rings is 1. The van der Waals surface area contributed by atoms with Crippen LogP contribution in [0.25, 0.3) is 0 Å². The van der Waals surface area contributed by atoms with Gasteiger partial charge in [-0.15, -0.1) is 0 Å². The molecule has 1 aromatic heterocycles. The van der Waals surface area contributed by atoms with Crippen LogP contribution in [0.4, 0.5) is 0 Å². The van der Waals surface area contributed by atoms with Crippen molar-refractivity contribution in [3.8, 4) is 0 Å². The number of aromatic nitrogens is 1. The smallest absolute Gasteiger partial charge is 0.353 e. The average Bonchev–Trinajstić information content (AvgIpc) is 2.42. The molecule has 0 radical (unpaired) electrons. The van der Waals surface area contributed by atoms with Gasteiger partial charge in [0.2, 0.25) is 6.10 Å². The van der Waals surface area contributed by atoms with E-state index >= 15 is 0 Å². The summed E-state index contributed by atoms with van der Waals surface area (Å²) in [6.45, 7) is 6.01. The molecule has 0 N–H and O–H groups in total. The molecular formula is C15H21NO4. The van der Waals surface area contributed by atoms with Gasteiger partial charge in [-0.2, -0.15) is 0 Å². The number of hydrogen-bond acceptors (Lipinski definition) is 5. The molecule has 1 heterocycles. The second-order valence-corrected chi connectivity index (χ2v) is 4.89. The number of nitrogens with zero attached hydrogens (tertiary/aromatic N) is 1. The number of rotatable bonds is 7. The Balaban J connectivity index is 2.79. The summed E-state index contributed by atoms with van der Waals surface area (Å²) in [6, 6.07) is 5.10. The van der Waals surface area contributed by atoms with Crippen LogP contribution in [0.15, 0.2) is 24.4 Å². The Bertz CT molecular complexity index is 431. The lowest BCUT2D eigenvalue weighted by atomic mass is 10.1. The van der Waals surface area contributed by atoms with Crippen LogP contribution in [-0.2, 0) is 19.1 Å². The second-order valence-electron chi connectivity index (χ2n) is 4.89. The zero-order valence-corrected chi connectivity index (χ0v) is 12.2. The van der Waals surface area contributed by atoms with E-state index in [0.29, 0.717) is 18.7 Å². The Morgan fingerprint density at radius 3 is 2.60 bits per heavy atom. The summed E-state index contributed by atoms with van der Waals surface area (Å²) in [5.74, 6) is -0.842. The molecule has 1 rings (SSSR count). The first-order valence-corrected chi connectivity index (χ1v) is 6.81. The molecule has 20 heavy (non-hydrogen) atoms. The number of ether oxygens (including phenoxy) is 2. The van der Waals surface area contributed by atoms with E-state index in [4.69, 9.17) is 9.47 Å². The van der Waals surface area contributed by atoms with E-state index in [1.54, 1.807) is 24.4 Å². The molecule has 1 aromatic rings. The lowest BCUT2D eigenvalue weighted by molar-refractivity contribution is -0.169. The first kappa shape index (κ1) is 16.1. The van der Waals surface area contributed by atoms with Gasteiger partial charge in [-0.25, -0.2) is 4.79 Å². The maximum absolute atomic E-state index is 12.0. The SMILES string of the molecule is CCCOC(=O)C(OC(=O)CC(C)C)c1ccccn1. The minimum absolute atomic E-state index is 0.165. The van der Waals surface area contributed by atoms with Gasteiger partial charge in [-0.3, -0.25) is 9.78 Å². The van der Waals surface area contributed by atoms with Crippen molar-refractivity contribution < 1.29 is 19.1 Å². The predicted molar refractivity (Wildman–Crippen MR) is 73.8 cm³/mol. The van der Waals surface area contributed by atoms with E-state index in [1.165, 1.54) is 0 Å². The molecule has 0 bridgehead atoms. The van der Waals surface area contributed by atoms with Crippen molar-refractivity contribution in [2.75, 3.05) is 6.61 Å². The van der Waals surface area contributed by atoms with Crippen LogP contribution in [0.1, 0.15) is 45.4 Å². The summed E-state index contributed by atoms with van der Waals surface area (Å²) in [5.41, 5.74) is 0.380. The summed E-state index contributed by atoms with van der Waals surface area (Å²) < 4.78 is 10.3. The highest BCUT2D eigenvalue weighted by molar-refractivity contribution is 5.80. The van der Waals surface area contributed by atoms with Gasteiger partial charge in [0.25, 0.3) is 0 Å². The van der Waals surface area contributed by atoms with Crippen LogP contribution in [0.3, 0.4) is 0 Å². The third-order valence-electron chi connectivity index (χ3n) is 2.44. The predicted octanol–water partition coefficient (Wildman–Crippen LogP) is 2.67. The Morgan fingerprint density at radius 1 is 1.30 bits per heavy atom. The molecule has 0 aliphatic carbocycles. The zero-order chi connectivity index (χ0) is 15.0. The summed E-state index contributed by atoms with van der Waals surface area (Å²) in [5, 5.41) is 0. The standard InChI is InChI=1S/C15H21NO4/c1-4-9-19-15(18)14(12-7-5-6-8-16-12)20-13(17)10-11(2)3/h5-8,11,14H,4,9-10H2,1-3H3. The fraction of sp³-hybridized carbons (Fsp3) is 0.533. The normalized spacial score (nSPS) is 12.0. The molecule has 0 saturated heterocycles. The molecule has 0 aromatic carbocycles. The van der Waals surface area contributed by atoms with Crippen LogP contribution in [0.2, 0.25) is 0 Å². The first-order valence-electron chi connectivity index (χ1n) is 6.81. The Kier molecular flexibility index (Phi) is 6.70. The monoisotopic (exact) mass is 279 g/mol. The van der Waals surface area contributed by atoms with Crippen LogP contribution in [-0.4, -0.2) is 23.5 Å². The Morgan fingerprint density at radius 2 is 2.05 bits per heavy atom. The van der Waals surface area contributed by atoms with Crippen molar-refractivity contribution in [3.63, 3.8) is 0 Å². The third-order valence-corrected chi connectivity index (χ3v) is 2.44. The molecule has 0 aliphatic heterocycles. The van der Waals surface area contributed by atoms with Crippen molar-refractivity contribution in [2.45, 2.75) is 39.7 Å². The highest BCUT2D eigenvalue weighted by Gasteiger charge is 2.27. The van der Waals surface area contributed by atoms with Gasteiger partial charge in [-0.05, 0) is 24.5 Å². The van der Waals surface area contributed by atoms with Gasteiger partial charge in [0.1, 0.15) is 0 Å². The highest BCUT2D eigenvalue weighted by Crippen LogP contribution is 2.18. The summed E-state index contributed by atoms with van der Waals surface area (Å²) in [6.07, 6.45) is 1.42. The van der Waals surface area contributed by atoms with Crippen molar-refractivity contribution >= 4 is 11.9 Å². The molecule has 0 fully saturated rings. The van der Waals surface area contributed by atoms with Gasteiger partial charge in [0.05, 0.1) is 12.3 Å². The van der Waals surface area contributed by atoms with Crippen molar-refractivity contribution in [3.05, 3.63) is 30.1 Å². The van der Waals surface area contributed by atoms with Crippen LogP contribution in [0, 0.1) is 5.92 Å². The number of hydrogen-bond donors (Lipinski definition) is 0. The lowest BCUT2D eigenvalue weighted by Crippen LogP contribution is -2.23. The van der Waals surface area contributed by atoms with Crippen molar-refractivity contribution in [2.24, 2.45) is 5.92 Å². The average molecular weight is 279 g/mol. The maximum atomic E-state index is 12.0. The van der Waals surface area contributed by atoms with Gasteiger partial charge in [0, 0.05) is 12.6 Å². The van der Waals surface area contributed by atoms with E-state index in [-0.39, 0.29) is 12.3 Å². The Hall–Kier alpha value is -1.91. The van der Waals surface area contributed by atoms with Crippen molar-refractivity contribution in [1.29, 1.82) is 0 Å². The Labute approximate surface area is 119 Å². The molecule has 5 heteroatoms. The molecular weight excluding hydrogens is 258 g/mol. The third kappa shape index (κ3) is 5.38. The first-order chi connectivity index (χ1) is 9.54. The second kappa shape index (κ2) is 8.30. The van der Waals surface area contributed by atoms with Gasteiger partial charge >= 0.3 is 11.9 Å². The minimum Gasteiger partial charge on any atom is -0.463 e. The van der Waals surface area contributed by atoms with Gasteiger partial charge < -0.3 is 9.47 Å².